The van der Waals surface area contributed by atoms with E-state index in [0.717, 1.165) is 38.5 Å². The van der Waals surface area contributed by atoms with E-state index in [0.29, 0.717) is 25.5 Å². The Morgan fingerprint density at radius 2 is 2.04 bits per heavy atom. The number of hydrogen-bond donors (Lipinski definition) is 2. The van der Waals surface area contributed by atoms with Crippen molar-refractivity contribution in [3.05, 3.63) is 20.8 Å². The molecule has 1 aromatic rings. The minimum Gasteiger partial charge on any atom is -0.368 e. The Morgan fingerprint density at radius 1 is 1.30 bits per heavy atom. The van der Waals surface area contributed by atoms with Crippen molar-refractivity contribution in [2.45, 2.75) is 58.5 Å². The van der Waals surface area contributed by atoms with Crippen molar-refractivity contribution in [2.24, 2.45) is 5.92 Å². The van der Waals surface area contributed by atoms with Crippen LogP contribution in [-0.4, -0.2) is 21.6 Å². The summed E-state index contributed by atoms with van der Waals surface area (Å²) in [5.74, 6) is 0.336. The molecule has 1 aromatic heterocycles. The Labute approximate surface area is 134 Å². The highest BCUT2D eigenvalue weighted by molar-refractivity contribution is 5.95. The van der Waals surface area contributed by atoms with Gasteiger partial charge in [0.25, 0.3) is 5.56 Å². The molecule has 0 saturated heterocycles. The van der Waals surface area contributed by atoms with Crippen LogP contribution in [0.15, 0.2) is 9.59 Å². The van der Waals surface area contributed by atoms with Gasteiger partial charge < -0.3 is 10.6 Å². The molecule has 0 radical (unpaired) electrons. The Kier molecular flexibility index (Phi) is 4.54. The number of carbonyl (C=O) groups is 1. The third-order valence-electron chi connectivity index (χ3n) is 4.76. The first-order valence-corrected chi connectivity index (χ1v) is 8.56. The minimum atomic E-state index is -0.393. The standard InChI is InChI=1S/C16H24N4O3/c1-2-3-9-20-15(22)12(13-17-8-10-19(13)16(20)23)18-14(21)11-6-4-5-7-11/h11,17H,2-10H2,1H3,(H,18,21). The number of fused-ring (bicyclic) bond motifs is 1. The summed E-state index contributed by atoms with van der Waals surface area (Å²) in [7, 11) is 0. The fourth-order valence-corrected chi connectivity index (χ4v) is 3.42. The van der Waals surface area contributed by atoms with Gasteiger partial charge in [-0.25, -0.2) is 4.79 Å². The molecule has 1 fully saturated rings. The molecule has 2 heterocycles. The summed E-state index contributed by atoms with van der Waals surface area (Å²) in [5, 5.41) is 5.87. The second-order valence-electron chi connectivity index (χ2n) is 6.37. The monoisotopic (exact) mass is 320 g/mol. The highest BCUT2D eigenvalue weighted by Gasteiger charge is 2.27. The summed E-state index contributed by atoms with van der Waals surface area (Å²) in [5.41, 5.74) is -0.451. The van der Waals surface area contributed by atoms with Gasteiger partial charge in [0, 0.05) is 25.6 Å². The van der Waals surface area contributed by atoms with Crippen molar-refractivity contribution in [3.8, 4) is 0 Å². The van der Waals surface area contributed by atoms with Crippen molar-refractivity contribution >= 4 is 17.4 Å². The number of amides is 1. The molecule has 2 aliphatic rings. The zero-order valence-corrected chi connectivity index (χ0v) is 13.6. The van der Waals surface area contributed by atoms with Crippen molar-refractivity contribution in [1.82, 2.24) is 9.13 Å². The van der Waals surface area contributed by atoms with E-state index in [2.05, 4.69) is 10.6 Å². The average Bonchev–Trinajstić information content (AvgIpc) is 3.22. The van der Waals surface area contributed by atoms with Gasteiger partial charge in [0.05, 0.1) is 0 Å². The Bertz CT molecular complexity index is 713. The molecule has 126 valence electrons. The molecular formula is C16H24N4O3. The maximum atomic E-state index is 12.7. The van der Waals surface area contributed by atoms with Gasteiger partial charge >= 0.3 is 5.69 Å². The summed E-state index contributed by atoms with van der Waals surface area (Å²) in [6.07, 6.45) is 5.52. The van der Waals surface area contributed by atoms with E-state index in [4.69, 9.17) is 0 Å². The lowest BCUT2D eigenvalue weighted by atomic mass is 10.1. The summed E-state index contributed by atoms with van der Waals surface area (Å²) in [6, 6.07) is 0. The number of carbonyl (C=O) groups excluding carboxylic acids is 1. The number of hydrogen-bond acceptors (Lipinski definition) is 4. The zero-order chi connectivity index (χ0) is 16.4. The molecule has 0 bridgehead atoms. The van der Waals surface area contributed by atoms with E-state index >= 15 is 0 Å². The number of nitrogens with one attached hydrogen (secondary N) is 2. The molecule has 23 heavy (non-hydrogen) atoms. The lowest BCUT2D eigenvalue weighted by molar-refractivity contribution is -0.119. The minimum absolute atomic E-state index is 0.0209. The SMILES string of the molecule is CCCCn1c(=O)c(NC(=O)C2CCCC2)c2n(c1=O)CCN2. The molecule has 1 aliphatic heterocycles. The normalized spacial score (nSPS) is 17.1. The number of rotatable bonds is 5. The number of nitrogens with zero attached hydrogens (tertiary/aromatic N) is 2. The van der Waals surface area contributed by atoms with Gasteiger partial charge in [-0.2, -0.15) is 0 Å². The molecule has 0 spiro atoms. The molecule has 1 aliphatic carbocycles. The van der Waals surface area contributed by atoms with Crippen LogP contribution in [0.4, 0.5) is 11.5 Å². The molecular weight excluding hydrogens is 296 g/mol. The van der Waals surface area contributed by atoms with Crippen LogP contribution in [0.25, 0.3) is 0 Å². The quantitative estimate of drug-likeness (QED) is 0.858. The van der Waals surface area contributed by atoms with Crippen LogP contribution < -0.4 is 21.9 Å². The maximum Gasteiger partial charge on any atom is 0.332 e. The predicted molar refractivity (Wildman–Crippen MR) is 88.9 cm³/mol. The molecule has 7 nitrogen and oxygen atoms in total. The van der Waals surface area contributed by atoms with Crippen molar-refractivity contribution in [3.63, 3.8) is 0 Å². The molecule has 0 atom stereocenters. The van der Waals surface area contributed by atoms with Crippen LogP contribution in [0.2, 0.25) is 0 Å². The van der Waals surface area contributed by atoms with Gasteiger partial charge in [-0.05, 0) is 19.3 Å². The number of unbranched alkanes of at least 4 members (excludes halogenated alkanes) is 1. The van der Waals surface area contributed by atoms with Gasteiger partial charge in [-0.3, -0.25) is 18.7 Å². The Morgan fingerprint density at radius 3 is 2.74 bits per heavy atom. The fourth-order valence-electron chi connectivity index (χ4n) is 3.42. The third kappa shape index (κ3) is 2.92. The lowest BCUT2D eigenvalue weighted by Gasteiger charge is -2.16. The van der Waals surface area contributed by atoms with Crippen LogP contribution in [0.3, 0.4) is 0 Å². The average molecular weight is 320 g/mol. The van der Waals surface area contributed by atoms with E-state index in [9.17, 15) is 14.4 Å². The van der Waals surface area contributed by atoms with Gasteiger partial charge in [0.2, 0.25) is 5.91 Å². The first-order chi connectivity index (χ1) is 11.1. The van der Waals surface area contributed by atoms with Crippen molar-refractivity contribution in [1.29, 1.82) is 0 Å². The molecule has 3 rings (SSSR count). The number of aromatic nitrogens is 2. The van der Waals surface area contributed by atoms with Crippen LogP contribution in [0, 0.1) is 5.92 Å². The van der Waals surface area contributed by atoms with Crippen LogP contribution in [-0.2, 0) is 17.9 Å². The van der Waals surface area contributed by atoms with Crippen molar-refractivity contribution in [2.75, 3.05) is 17.2 Å². The summed E-state index contributed by atoms with van der Waals surface area (Å²) >= 11 is 0. The van der Waals surface area contributed by atoms with Crippen molar-refractivity contribution < 1.29 is 4.79 Å². The molecule has 0 unspecified atom stereocenters. The highest BCUT2D eigenvalue weighted by atomic mass is 16.2. The summed E-state index contributed by atoms with van der Waals surface area (Å²) in [6.45, 7) is 3.52. The van der Waals surface area contributed by atoms with E-state index in [1.54, 1.807) is 4.57 Å². The highest BCUT2D eigenvalue weighted by Crippen LogP contribution is 2.27. The van der Waals surface area contributed by atoms with E-state index in [1.165, 1.54) is 4.57 Å². The first kappa shape index (κ1) is 15.8. The molecule has 1 amide bonds. The van der Waals surface area contributed by atoms with Crippen LogP contribution >= 0.6 is 0 Å². The Hall–Kier alpha value is -2.05. The van der Waals surface area contributed by atoms with Crippen LogP contribution in [0.5, 0.6) is 0 Å². The molecule has 2 N–H and O–H groups in total. The van der Waals surface area contributed by atoms with Gasteiger partial charge in [-0.15, -0.1) is 0 Å². The smallest absolute Gasteiger partial charge is 0.332 e. The van der Waals surface area contributed by atoms with E-state index in [1.807, 2.05) is 6.92 Å². The summed E-state index contributed by atoms with van der Waals surface area (Å²) < 4.78 is 2.81. The Balaban J connectivity index is 1.98. The van der Waals surface area contributed by atoms with Crippen LogP contribution in [0.1, 0.15) is 45.4 Å². The van der Waals surface area contributed by atoms with Gasteiger partial charge in [0.15, 0.2) is 0 Å². The molecule has 0 aromatic carbocycles. The number of anilines is 2. The molecule has 7 heteroatoms. The van der Waals surface area contributed by atoms with Gasteiger partial charge in [-0.1, -0.05) is 26.2 Å². The van der Waals surface area contributed by atoms with E-state index < -0.39 is 5.56 Å². The zero-order valence-electron chi connectivity index (χ0n) is 13.6. The summed E-state index contributed by atoms with van der Waals surface area (Å²) in [4.78, 5) is 37.6. The first-order valence-electron chi connectivity index (χ1n) is 8.56. The molecule has 1 saturated carbocycles. The largest absolute Gasteiger partial charge is 0.368 e. The third-order valence-corrected chi connectivity index (χ3v) is 4.76. The van der Waals surface area contributed by atoms with Gasteiger partial charge in [0.1, 0.15) is 11.5 Å². The second kappa shape index (κ2) is 6.60. The predicted octanol–water partition coefficient (Wildman–Crippen LogP) is 1.36. The topological polar surface area (TPSA) is 85.1 Å². The maximum absolute atomic E-state index is 12.7. The second-order valence-corrected chi connectivity index (χ2v) is 6.37. The fraction of sp³-hybridized carbons (Fsp3) is 0.688. The lowest BCUT2D eigenvalue weighted by Crippen LogP contribution is -2.41. The van der Waals surface area contributed by atoms with E-state index in [-0.39, 0.29) is 23.2 Å².